The molecule has 5 nitrogen and oxygen atoms in total. The maximum atomic E-state index is 12.2. The Labute approximate surface area is 141 Å². The highest BCUT2D eigenvalue weighted by Gasteiger charge is 2.10. The van der Waals surface area contributed by atoms with Crippen LogP contribution in [0.2, 0.25) is 0 Å². The van der Waals surface area contributed by atoms with Gasteiger partial charge in [-0.25, -0.2) is 0 Å². The molecule has 0 aromatic heterocycles. The van der Waals surface area contributed by atoms with E-state index in [2.05, 4.69) is 5.32 Å². The molecule has 2 N–H and O–H groups in total. The second-order valence-corrected chi connectivity index (χ2v) is 5.40. The molecule has 0 aliphatic carbocycles. The van der Waals surface area contributed by atoms with E-state index in [4.69, 9.17) is 9.47 Å². The molecular weight excluding hydrogens is 306 g/mol. The number of nitrogens with one attached hydrogen (secondary N) is 1. The molecule has 0 atom stereocenters. The highest BCUT2D eigenvalue weighted by Crippen LogP contribution is 2.30. The highest BCUT2D eigenvalue weighted by molar-refractivity contribution is 6.04. The number of aromatic hydroxyl groups is 1. The van der Waals surface area contributed by atoms with E-state index in [0.717, 1.165) is 16.7 Å². The second-order valence-electron chi connectivity index (χ2n) is 5.40. The van der Waals surface area contributed by atoms with E-state index in [1.165, 1.54) is 6.08 Å². The minimum Gasteiger partial charge on any atom is -0.506 e. The van der Waals surface area contributed by atoms with E-state index < -0.39 is 0 Å². The number of phenols is 1. The van der Waals surface area contributed by atoms with Gasteiger partial charge in [0.2, 0.25) is 5.91 Å². The molecular formula is C19H21NO4. The fourth-order valence-electron chi connectivity index (χ4n) is 2.32. The smallest absolute Gasteiger partial charge is 0.248 e. The Bertz CT molecular complexity index is 781. The number of hydrogen-bond acceptors (Lipinski definition) is 4. The van der Waals surface area contributed by atoms with Crippen molar-refractivity contribution in [3.8, 4) is 17.2 Å². The van der Waals surface area contributed by atoms with Crippen LogP contribution < -0.4 is 14.8 Å². The van der Waals surface area contributed by atoms with Crippen molar-refractivity contribution in [2.45, 2.75) is 13.8 Å². The summed E-state index contributed by atoms with van der Waals surface area (Å²) < 4.78 is 10.5. The van der Waals surface area contributed by atoms with Crippen molar-refractivity contribution < 1.29 is 19.4 Å². The van der Waals surface area contributed by atoms with E-state index in [-0.39, 0.29) is 11.7 Å². The van der Waals surface area contributed by atoms with Gasteiger partial charge in [-0.1, -0.05) is 6.07 Å². The van der Waals surface area contributed by atoms with Gasteiger partial charge in [-0.15, -0.1) is 0 Å². The van der Waals surface area contributed by atoms with Gasteiger partial charge in [-0.05, 0) is 49.2 Å². The van der Waals surface area contributed by atoms with Crippen LogP contribution in [-0.2, 0) is 4.79 Å². The van der Waals surface area contributed by atoms with Crippen LogP contribution in [0.15, 0.2) is 42.5 Å². The molecule has 0 spiro atoms. The van der Waals surface area contributed by atoms with Gasteiger partial charge in [0.1, 0.15) is 17.2 Å². The maximum absolute atomic E-state index is 12.2. The Hall–Kier alpha value is -2.95. The first-order valence-electron chi connectivity index (χ1n) is 7.46. The van der Waals surface area contributed by atoms with Crippen LogP contribution in [0.25, 0.3) is 5.57 Å². The predicted molar refractivity (Wildman–Crippen MR) is 94.7 cm³/mol. The number of ether oxygens (including phenoxy) is 2. The van der Waals surface area contributed by atoms with Crippen LogP contribution in [0.5, 0.6) is 17.2 Å². The fraction of sp³-hybridized carbons (Fsp3) is 0.211. The van der Waals surface area contributed by atoms with Crippen LogP contribution in [0.3, 0.4) is 0 Å². The molecule has 0 aliphatic rings. The van der Waals surface area contributed by atoms with Crippen molar-refractivity contribution in [3.63, 3.8) is 0 Å². The van der Waals surface area contributed by atoms with Gasteiger partial charge >= 0.3 is 0 Å². The summed E-state index contributed by atoms with van der Waals surface area (Å²) in [4.78, 5) is 12.2. The first-order chi connectivity index (χ1) is 11.4. The second kappa shape index (κ2) is 7.55. The number of benzene rings is 2. The van der Waals surface area contributed by atoms with Crippen LogP contribution in [0, 0.1) is 6.92 Å². The molecule has 0 radical (unpaired) electrons. The minimum atomic E-state index is -0.328. The molecule has 0 bridgehead atoms. The summed E-state index contributed by atoms with van der Waals surface area (Å²) in [6.07, 6.45) is 1.46. The largest absolute Gasteiger partial charge is 0.506 e. The van der Waals surface area contributed by atoms with Crippen molar-refractivity contribution in [3.05, 3.63) is 53.6 Å². The van der Waals surface area contributed by atoms with Gasteiger partial charge in [0.25, 0.3) is 0 Å². The Morgan fingerprint density at radius 3 is 2.54 bits per heavy atom. The van der Waals surface area contributed by atoms with Crippen LogP contribution in [0.1, 0.15) is 18.1 Å². The molecule has 24 heavy (non-hydrogen) atoms. The molecule has 2 aromatic carbocycles. The Morgan fingerprint density at radius 1 is 1.12 bits per heavy atom. The minimum absolute atomic E-state index is 0.0297. The quantitative estimate of drug-likeness (QED) is 0.648. The highest BCUT2D eigenvalue weighted by atomic mass is 16.5. The first kappa shape index (κ1) is 17.4. The third-order valence-corrected chi connectivity index (χ3v) is 3.59. The standard InChI is InChI=1S/C19H21NO4/c1-12-5-8-17(21)16(9-12)20-19(22)10-13(2)15-7-6-14(23-3)11-18(15)24-4/h5-11,21H,1-4H3,(H,20,22)/b13-10+. The normalized spacial score (nSPS) is 11.1. The Balaban J connectivity index is 2.24. The molecule has 2 aromatic rings. The number of amides is 1. The number of anilines is 1. The van der Waals surface area contributed by atoms with Crippen LogP contribution >= 0.6 is 0 Å². The van der Waals surface area contributed by atoms with E-state index in [1.807, 2.05) is 19.9 Å². The number of allylic oxidation sites excluding steroid dienone is 1. The molecule has 0 aliphatic heterocycles. The number of rotatable bonds is 5. The lowest BCUT2D eigenvalue weighted by atomic mass is 10.1. The number of methoxy groups -OCH3 is 2. The summed E-state index contributed by atoms with van der Waals surface area (Å²) in [5.41, 5.74) is 2.85. The van der Waals surface area contributed by atoms with Gasteiger partial charge in [0.05, 0.1) is 19.9 Å². The predicted octanol–water partition coefficient (Wildman–Crippen LogP) is 3.76. The summed E-state index contributed by atoms with van der Waals surface area (Å²) >= 11 is 0. The fourth-order valence-corrected chi connectivity index (χ4v) is 2.32. The maximum Gasteiger partial charge on any atom is 0.248 e. The average molecular weight is 327 g/mol. The summed E-state index contributed by atoms with van der Waals surface area (Å²) in [5, 5.41) is 12.5. The molecule has 0 unspecified atom stereocenters. The summed E-state index contributed by atoms with van der Waals surface area (Å²) in [7, 11) is 3.15. The van der Waals surface area contributed by atoms with Gasteiger partial charge in [-0.3, -0.25) is 4.79 Å². The number of carbonyl (C=O) groups is 1. The number of aryl methyl sites for hydroxylation is 1. The molecule has 0 fully saturated rings. The monoisotopic (exact) mass is 327 g/mol. The third-order valence-electron chi connectivity index (χ3n) is 3.59. The van der Waals surface area contributed by atoms with Crippen molar-refractivity contribution in [1.82, 2.24) is 0 Å². The summed E-state index contributed by atoms with van der Waals surface area (Å²) in [6.45, 7) is 3.71. The van der Waals surface area contributed by atoms with Gasteiger partial charge in [0, 0.05) is 17.7 Å². The lowest BCUT2D eigenvalue weighted by molar-refractivity contribution is -0.111. The molecule has 5 heteroatoms. The van der Waals surface area contributed by atoms with Crippen molar-refractivity contribution >= 4 is 17.2 Å². The average Bonchev–Trinajstić information content (AvgIpc) is 2.57. The third kappa shape index (κ3) is 4.07. The molecule has 0 saturated heterocycles. The molecule has 0 heterocycles. The van der Waals surface area contributed by atoms with Crippen LogP contribution in [-0.4, -0.2) is 25.2 Å². The van der Waals surface area contributed by atoms with E-state index in [1.54, 1.807) is 44.6 Å². The Morgan fingerprint density at radius 2 is 1.88 bits per heavy atom. The SMILES string of the molecule is COc1ccc(/C(C)=C/C(=O)Nc2cc(C)ccc2O)c(OC)c1. The molecule has 2 rings (SSSR count). The van der Waals surface area contributed by atoms with Crippen LogP contribution in [0.4, 0.5) is 5.69 Å². The molecule has 0 saturated carbocycles. The number of carbonyl (C=O) groups excluding carboxylic acids is 1. The zero-order valence-corrected chi connectivity index (χ0v) is 14.2. The summed E-state index contributed by atoms with van der Waals surface area (Å²) in [5.74, 6) is 1.00. The topological polar surface area (TPSA) is 67.8 Å². The van der Waals surface area contributed by atoms with Crippen molar-refractivity contribution in [2.75, 3.05) is 19.5 Å². The number of hydrogen-bond donors (Lipinski definition) is 2. The zero-order valence-electron chi connectivity index (χ0n) is 14.2. The Kier molecular flexibility index (Phi) is 5.47. The van der Waals surface area contributed by atoms with E-state index in [0.29, 0.717) is 17.2 Å². The summed E-state index contributed by atoms with van der Waals surface area (Å²) in [6, 6.07) is 10.4. The van der Waals surface area contributed by atoms with Gasteiger partial charge < -0.3 is 19.9 Å². The molecule has 126 valence electrons. The lowest BCUT2D eigenvalue weighted by Crippen LogP contribution is -2.09. The number of phenolic OH excluding ortho intramolecular Hbond substituents is 1. The van der Waals surface area contributed by atoms with Crippen molar-refractivity contribution in [1.29, 1.82) is 0 Å². The molecule has 1 amide bonds. The first-order valence-corrected chi connectivity index (χ1v) is 7.46. The van der Waals surface area contributed by atoms with E-state index >= 15 is 0 Å². The van der Waals surface area contributed by atoms with Gasteiger partial charge in [0.15, 0.2) is 0 Å². The zero-order chi connectivity index (χ0) is 17.7. The van der Waals surface area contributed by atoms with Gasteiger partial charge in [-0.2, -0.15) is 0 Å². The van der Waals surface area contributed by atoms with E-state index in [9.17, 15) is 9.90 Å². The van der Waals surface area contributed by atoms with Crippen molar-refractivity contribution in [2.24, 2.45) is 0 Å². The lowest BCUT2D eigenvalue weighted by Gasteiger charge is -2.11.